The number of benzene rings is 2. The van der Waals surface area contributed by atoms with Gasteiger partial charge in [-0.3, -0.25) is 9.69 Å². The van der Waals surface area contributed by atoms with Crippen molar-refractivity contribution < 1.29 is 22.7 Å². The van der Waals surface area contributed by atoms with Gasteiger partial charge in [0.25, 0.3) is 0 Å². The summed E-state index contributed by atoms with van der Waals surface area (Å²) in [6.45, 7) is 1.94. The summed E-state index contributed by atoms with van der Waals surface area (Å²) in [6, 6.07) is 12.4. The van der Waals surface area contributed by atoms with Crippen LogP contribution in [0.1, 0.15) is 31.2 Å². The molecule has 0 bridgehead atoms. The third kappa shape index (κ3) is 5.66. The van der Waals surface area contributed by atoms with Crippen LogP contribution in [0.25, 0.3) is 0 Å². The van der Waals surface area contributed by atoms with Gasteiger partial charge in [-0.15, -0.1) is 0 Å². The van der Waals surface area contributed by atoms with Crippen LogP contribution in [0.3, 0.4) is 0 Å². The molecular formula is C24H31N3O5S. The SMILES string of the molecule is COc1ccc(OC)c(CN(CC(=O)Nc2ccc(S(=O)(=O)N3CCCC3)cc2)C2CC2)c1. The molecule has 1 saturated heterocycles. The van der Waals surface area contributed by atoms with Gasteiger partial charge in [0.05, 0.1) is 25.7 Å². The van der Waals surface area contributed by atoms with Crippen molar-refractivity contribution in [2.24, 2.45) is 0 Å². The fraction of sp³-hybridized carbons (Fsp3) is 0.458. The van der Waals surface area contributed by atoms with Crippen LogP contribution in [0.4, 0.5) is 5.69 Å². The molecular weight excluding hydrogens is 442 g/mol. The number of methoxy groups -OCH3 is 2. The Bertz CT molecular complexity index is 1080. The van der Waals surface area contributed by atoms with Gasteiger partial charge in [0.15, 0.2) is 0 Å². The molecule has 1 aliphatic heterocycles. The number of nitrogens with zero attached hydrogens (tertiary/aromatic N) is 2. The van der Waals surface area contributed by atoms with Gasteiger partial charge in [0.2, 0.25) is 15.9 Å². The van der Waals surface area contributed by atoms with E-state index in [1.165, 1.54) is 4.31 Å². The van der Waals surface area contributed by atoms with Gasteiger partial charge in [0.1, 0.15) is 11.5 Å². The van der Waals surface area contributed by atoms with Gasteiger partial charge in [-0.1, -0.05) is 0 Å². The number of anilines is 1. The summed E-state index contributed by atoms with van der Waals surface area (Å²) in [5.74, 6) is 1.37. The number of carbonyl (C=O) groups is 1. The molecule has 178 valence electrons. The number of ether oxygens (including phenoxy) is 2. The van der Waals surface area contributed by atoms with Crippen molar-refractivity contribution in [2.45, 2.75) is 43.2 Å². The van der Waals surface area contributed by atoms with E-state index in [9.17, 15) is 13.2 Å². The lowest BCUT2D eigenvalue weighted by Gasteiger charge is -2.23. The summed E-state index contributed by atoms with van der Waals surface area (Å²) in [7, 11) is -0.206. The first-order chi connectivity index (χ1) is 15.9. The molecule has 2 aromatic carbocycles. The lowest BCUT2D eigenvalue weighted by atomic mass is 10.1. The number of amides is 1. The Kier molecular flexibility index (Phi) is 7.21. The zero-order chi connectivity index (χ0) is 23.4. The van der Waals surface area contributed by atoms with Crippen LogP contribution in [-0.2, 0) is 21.4 Å². The minimum atomic E-state index is -3.46. The molecule has 8 nitrogen and oxygen atoms in total. The maximum atomic E-state index is 12.8. The molecule has 1 saturated carbocycles. The van der Waals surface area contributed by atoms with Crippen molar-refractivity contribution in [2.75, 3.05) is 39.2 Å². The van der Waals surface area contributed by atoms with Crippen LogP contribution in [0.15, 0.2) is 47.4 Å². The van der Waals surface area contributed by atoms with E-state index >= 15 is 0 Å². The number of sulfonamides is 1. The molecule has 0 atom stereocenters. The predicted molar refractivity (Wildman–Crippen MR) is 126 cm³/mol. The molecule has 1 amide bonds. The number of hydrogen-bond acceptors (Lipinski definition) is 6. The molecule has 33 heavy (non-hydrogen) atoms. The number of nitrogens with one attached hydrogen (secondary N) is 1. The highest BCUT2D eigenvalue weighted by atomic mass is 32.2. The molecule has 2 aliphatic rings. The molecule has 1 heterocycles. The second-order valence-corrected chi connectivity index (χ2v) is 10.4. The van der Waals surface area contributed by atoms with Crippen LogP contribution < -0.4 is 14.8 Å². The summed E-state index contributed by atoms with van der Waals surface area (Å²) in [6.07, 6.45) is 3.91. The lowest BCUT2D eigenvalue weighted by Crippen LogP contribution is -2.34. The third-order valence-electron chi connectivity index (χ3n) is 6.11. The molecule has 0 aromatic heterocycles. The molecule has 1 aliphatic carbocycles. The van der Waals surface area contributed by atoms with Crippen molar-refractivity contribution in [3.05, 3.63) is 48.0 Å². The van der Waals surface area contributed by atoms with Crippen LogP contribution in [0, 0.1) is 0 Å². The van der Waals surface area contributed by atoms with E-state index in [1.54, 1.807) is 38.5 Å². The Morgan fingerprint density at radius 2 is 1.76 bits per heavy atom. The zero-order valence-electron chi connectivity index (χ0n) is 19.1. The van der Waals surface area contributed by atoms with Gasteiger partial charge in [0, 0.05) is 36.9 Å². The Hall–Kier alpha value is -2.62. The van der Waals surface area contributed by atoms with Crippen LogP contribution in [0.2, 0.25) is 0 Å². The fourth-order valence-electron chi connectivity index (χ4n) is 4.15. The summed E-state index contributed by atoms with van der Waals surface area (Å²) in [5.41, 5.74) is 1.54. The summed E-state index contributed by atoms with van der Waals surface area (Å²) < 4.78 is 37.7. The largest absolute Gasteiger partial charge is 0.497 e. The molecule has 0 unspecified atom stereocenters. The lowest BCUT2D eigenvalue weighted by molar-refractivity contribution is -0.117. The van der Waals surface area contributed by atoms with E-state index in [-0.39, 0.29) is 17.3 Å². The molecule has 2 aromatic rings. The van der Waals surface area contributed by atoms with E-state index in [1.807, 2.05) is 18.2 Å². The summed E-state index contributed by atoms with van der Waals surface area (Å²) in [4.78, 5) is 15.2. The van der Waals surface area contributed by atoms with Gasteiger partial charge < -0.3 is 14.8 Å². The minimum Gasteiger partial charge on any atom is -0.497 e. The summed E-state index contributed by atoms with van der Waals surface area (Å²) in [5, 5.41) is 2.90. The number of hydrogen-bond donors (Lipinski definition) is 1. The first kappa shape index (κ1) is 23.5. The highest BCUT2D eigenvalue weighted by Crippen LogP contribution is 2.32. The summed E-state index contributed by atoms with van der Waals surface area (Å²) >= 11 is 0. The number of rotatable bonds is 10. The first-order valence-electron chi connectivity index (χ1n) is 11.3. The Labute approximate surface area is 195 Å². The van der Waals surface area contributed by atoms with Gasteiger partial charge >= 0.3 is 0 Å². The Balaban J connectivity index is 1.40. The van der Waals surface area contributed by atoms with Crippen molar-refractivity contribution >= 4 is 21.6 Å². The first-order valence-corrected chi connectivity index (χ1v) is 12.7. The van der Waals surface area contributed by atoms with Crippen molar-refractivity contribution in [1.82, 2.24) is 9.21 Å². The van der Waals surface area contributed by atoms with Crippen molar-refractivity contribution in [1.29, 1.82) is 0 Å². The van der Waals surface area contributed by atoms with Crippen molar-refractivity contribution in [3.8, 4) is 11.5 Å². The van der Waals surface area contributed by atoms with Crippen LogP contribution in [0.5, 0.6) is 11.5 Å². The monoisotopic (exact) mass is 473 g/mol. The smallest absolute Gasteiger partial charge is 0.243 e. The second kappa shape index (κ2) is 10.1. The maximum absolute atomic E-state index is 12.8. The quantitative estimate of drug-likeness (QED) is 0.571. The molecule has 4 rings (SSSR count). The standard InChI is InChI=1S/C24H31N3O5S/c1-31-21-9-12-23(32-2)18(15-21)16-26(20-7-8-20)17-24(28)25-19-5-10-22(11-6-19)33(29,30)27-13-3-4-14-27/h5-6,9-12,15,20H,3-4,7-8,13-14,16-17H2,1-2H3,(H,25,28). The maximum Gasteiger partial charge on any atom is 0.243 e. The zero-order valence-corrected chi connectivity index (χ0v) is 19.9. The topological polar surface area (TPSA) is 88.2 Å². The van der Waals surface area contributed by atoms with Crippen molar-refractivity contribution in [3.63, 3.8) is 0 Å². The Morgan fingerprint density at radius 3 is 2.36 bits per heavy atom. The average Bonchev–Trinajstić information content (AvgIpc) is 3.51. The van der Waals surface area contributed by atoms with E-state index in [2.05, 4.69) is 10.2 Å². The van der Waals surface area contributed by atoms with Gasteiger partial charge in [-0.2, -0.15) is 4.31 Å². The number of carbonyl (C=O) groups excluding carboxylic acids is 1. The van der Waals surface area contributed by atoms with Crippen LogP contribution >= 0.6 is 0 Å². The molecule has 1 N–H and O–H groups in total. The highest BCUT2D eigenvalue weighted by Gasteiger charge is 2.31. The van der Waals surface area contributed by atoms with E-state index in [4.69, 9.17) is 9.47 Å². The second-order valence-electron chi connectivity index (χ2n) is 8.50. The average molecular weight is 474 g/mol. The Morgan fingerprint density at radius 1 is 1.06 bits per heavy atom. The van der Waals surface area contributed by atoms with Gasteiger partial charge in [-0.25, -0.2) is 8.42 Å². The van der Waals surface area contributed by atoms with E-state index in [0.29, 0.717) is 31.4 Å². The molecule has 2 fully saturated rings. The third-order valence-corrected chi connectivity index (χ3v) is 8.02. The fourth-order valence-corrected chi connectivity index (χ4v) is 5.67. The molecule has 9 heteroatoms. The normalized spacial score (nSPS) is 16.7. The highest BCUT2D eigenvalue weighted by molar-refractivity contribution is 7.89. The predicted octanol–water partition coefficient (Wildman–Crippen LogP) is 3.09. The van der Waals surface area contributed by atoms with Gasteiger partial charge in [-0.05, 0) is 68.1 Å². The van der Waals surface area contributed by atoms with E-state index in [0.717, 1.165) is 42.7 Å². The molecule has 0 radical (unpaired) electrons. The van der Waals surface area contributed by atoms with E-state index < -0.39 is 10.0 Å². The van der Waals surface area contributed by atoms with Crippen LogP contribution in [-0.4, -0.2) is 63.4 Å². The minimum absolute atomic E-state index is 0.140. The molecule has 0 spiro atoms.